The summed E-state index contributed by atoms with van der Waals surface area (Å²) in [5.41, 5.74) is 9.19. The highest BCUT2D eigenvalue weighted by atomic mass is 32.2. The van der Waals surface area contributed by atoms with Gasteiger partial charge in [0.15, 0.2) is 0 Å². The Labute approximate surface area is 178 Å². The average Bonchev–Trinajstić information content (AvgIpc) is 3.37. The van der Waals surface area contributed by atoms with Gasteiger partial charge in [-0.2, -0.15) is 4.31 Å². The summed E-state index contributed by atoms with van der Waals surface area (Å²) in [5.74, 6) is 0.870. The molecule has 9 heteroatoms. The number of carbonyl (C=O) groups excluding carboxylic acids is 1. The largest absolute Gasteiger partial charge is 0.410 e. The van der Waals surface area contributed by atoms with E-state index in [0.717, 1.165) is 22.2 Å². The van der Waals surface area contributed by atoms with Crippen LogP contribution in [0.1, 0.15) is 11.1 Å². The summed E-state index contributed by atoms with van der Waals surface area (Å²) in [7, 11) is -3.60. The Kier molecular flexibility index (Phi) is 4.49. The van der Waals surface area contributed by atoms with Gasteiger partial charge in [-0.25, -0.2) is 18.2 Å². The van der Waals surface area contributed by atoms with E-state index < -0.39 is 16.1 Å². The van der Waals surface area contributed by atoms with Gasteiger partial charge in [-0.15, -0.1) is 0 Å². The van der Waals surface area contributed by atoms with Crippen molar-refractivity contribution in [2.75, 3.05) is 0 Å². The molecule has 1 aromatic heterocycles. The van der Waals surface area contributed by atoms with Gasteiger partial charge >= 0.3 is 6.09 Å². The Bertz CT molecular complexity index is 1390. The van der Waals surface area contributed by atoms with Crippen LogP contribution < -0.4 is 10.5 Å². The van der Waals surface area contributed by atoms with E-state index in [-0.39, 0.29) is 4.90 Å². The van der Waals surface area contributed by atoms with Crippen LogP contribution in [0.25, 0.3) is 22.4 Å². The van der Waals surface area contributed by atoms with E-state index >= 15 is 0 Å². The van der Waals surface area contributed by atoms with Crippen LogP contribution in [0.15, 0.2) is 71.6 Å². The SMILES string of the molecule is NC(=O)Oc1ccc2[nH]c(-c3ccc(S(=O)(=O)N4Cc5ccccc5C4)cc3)nc2c1. The van der Waals surface area contributed by atoms with E-state index in [9.17, 15) is 13.2 Å². The van der Waals surface area contributed by atoms with Crippen LogP contribution >= 0.6 is 0 Å². The topological polar surface area (TPSA) is 118 Å². The first-order chi connectivity index (χ1) is 14.9. The van der Waals surface area contributed by atoms with Crippen molar-refractivity contribution in [3.05, 3.63) is 77.9 Å². The predicted octanol–water partition coefficient (Wildman–Crippen LogP) is 3.39. The Balaban J connectivity index is 1.40. The molecule has 8 nitrogen and oxygen atoms in total. The fourth-order valence-electron chi connectivity index (χ4n) is 3.71. The van der Waals surface area contributed by atoms with Crippen molar-refractivity contribution < 1.29 is 17.9 Å². The molecular weight excluding hydrogens is 416 g/mol. The minimum absolute atomic E-state index is 0.234. The molecule has 2 heterocycles. The third kappa shape index (κ3) is 3.54. The number of ether oxygens (including phenoxy) is 1. The monoisotopic (exact) mass is 434 g/mol. The van der Waals surface area contributed by atoms with Crippen molar-refractivity contribution in [3.63, 3.8) is 0 Å². The molecule has 0 saturated heterocycles. The third-order valence-corrected chi connectivity index (χ3v) is 7.06. The summed E-state index contributed by atoms with van der Waals surface area (Å²) < 4.78 is 32.5. The van der Waals surface area contributed by atoms with Crippen molar-refractivity contribution in [3.8, 4) is 17.1 Å². The molecule has 1 amide bonds. The molecule has 4 aromatic rings. The van der Waals surface area contributed by atoms with Gasteiger partial charge in [0.2, 0.25) is 10.0 Å². The van der Waals surface area contributed by atoms with Gasteiger partial charge in [0.1, 0.15) is 11.6 Å². The minimum atomic E-state index is -3.60. The second-order valence-corrected chi connectivity index (χ2v) is 9.19. The molecule has 0 radical (unpaired) electrons. The maximum absolute atomic E-state index is 13.1. The first kappa shape index (κ1) is 19.3. The number of fused-ring (bicyclic) bond motifs is 2. The molecule has 156 valence electrons. The van der Waals surface area contributed by atoms with E-state index in [4.69, 9.17) is 10.5 Å². The summed E-state index contributed by atoms with van der Waals surface area (Å²) in [6.45, 7) is 0.749. The second-order valence-electron chi connectivity index (χ2n) is 7.25. The number of nitrogens with zero attached hydrogens (tertiary/aromatic N) is 2. The van der Waals surface area contributed by atoms with Gasteiger partial charge in [-0.3, -0.25) is 0 Å². The number of hydrogen-bond acceptors (Lipinski definition) is 5. The number of aromatic amines is 1. The number of rotatable bonds is 4. The van der Waals surface area contributed by atoms with Crippen LogP contribution in [-0.2, 0) is 23.1 Å². The number of amides is 1. The van der Waals surface area contributed by atoms with Gasteiger partial charge in [0, 0.05) is 24.7 Å². The summed E-state index contributed by atoms with van der Waals surface area (Å²) in [5, 5.41) is 0. The molecule has 0 spiro atoms. The highest BCUT2D eigenvalue weighted by Gasteiger charge is 2.30. The van der Waals surface area contributed by atoms with Crippen molar-refractivity contribution in [1.82, 2.24) is 14.3 Å². The fourth-order valence-corrected chi connectivity index (χ4v) is 5.10. The Morgan fingerprint density at radius 2 is 1.68 bits per heavy atom. The zero-order chi connectivity index (χ0) is 21.6. The van der Waals surface area contributed by atoms with Crippen LogP contribution in [0.5, 0.6) is 5.75 Å². The molecule has 1 aliphatic heterocycles. The quantitative estimate of drug-likeness (QED) is 0.510. The summed E-state index contributed by atoms with van der Waals surface area (Å²) in [6.07, 6.45) is -0.895. The van der Waals surface area contributed by atoms with Gasteiger partial charge in [0.05, 0.1) is 15.9 Å². The standard InChI is InChI=1S/C22H18N4O4S/c23-22(27)30-17-7-10-19-20(11-17)25-21(24-19)14-5-8-18(9-6-14)31(28,29)26-12-15-3-1-2-4-16(15)13-26/h1-11H,12-13H2,(H2,23,27)(H,24,25). The van der Waals surface area contributed by atoms with E-state index in [1.54, 1.807) is 42.5 Å². The number of H-pyrrole nitrogens is 1. The number of nitrogens with two attached hydrogens (primary N) is 1. The molecule has 1 aliphatic rings. The molecule has 5 rings (SSSR count). The smallest absolute Gasteiger partial charge is 0.409 e. The van der Waals surface area contributed by atoms with Crippen molar-refractivity contribution >= 4 is 27.1 Å². The molecule has 0 unspecified atom stereocenters. The van der Waals surface area contributed by atoms with Crippen molar-refractivity contribution in [2.45, 2.75) is 18.0 Å². The van der Waals surface area contributed by atoms with Crippen molar-refractivity contribution in [1.29, 1.82) is 0 Å². The summed E-state index contributed by atoms with van der Waals surface area (Å²) in [4.78, 5) is 18.8. The van der Waals surface area contributed by atoms with Crippen LogP contribution in [0, 0.1) is 0 Å². The van der Waals surface area contributed by atoms with E-state index in [1.165, 1.54) is 4.31 Å². The van der Waals surface area contributed by atoms with E-state index in [2.05, 4.69) is 9.97 Å². The molecular formula is C22H18N4O4S. The Morgan fingerprint density at radius 1 is 1.00 bits per heavy atom. The number of benzene rings is 3. The number of sulfonamides is 1. The molecule has 31 heavy (non-hydrogen) atoms. The first-order valence-corrected chi connectivity index (χ1v) is 11.0. The number of nitrogens with one attached hydrogen (secondary N) is 1. The van der Waals surface area contributed by atoms with Crippen LogP contribution in [0.3, 0.4) is 0 Å². The molecule has 3 aromatic carbocycles. The molecule has 0 saturated carbocycles. The van der Waals surface area contributed by atoms with E-state index in [0.29, 0.717) is 30.2 Å². The lowest BCUT2D eigenvalue weighted by molar-refractivity contribution is 0.211. The zero-order valence-electron chi connectivity index (χ0n) is 16.3. The Morgan fingerprint density at radius 3 is 2.32 bits per heavy atom. The average molecular weight is 434 g/mol. The molecule has 0 bridgehead atoms. The Hall–Kier alpha value is -3.69. The number of hydrogen-bond donors (Lipinski definition) is 2. The lowest BCUT2D eigenvalue weighted by Gasteiger charge is -2.15. The highest BCUT2D eigenvalue weighted by Crippen LogP contribution is 2.30. The number of imidazole rings is 1. The predicted molar refractivity (Wildman–Crippen MR) is 115 cm³/mol. The first-order valence-electron chi connectivity index (χ1n) is 9.54. The number of carbonyl (C=O) groups is 1. The maximum Gasteiger partial charge on any atom is 0.409 e. The zero-order valence-corrected chi connectivity index (χ0v) is 17.1. The van der Waals surface area contributed by atoms with Crippen LogP contribution in [0.4, 0.5) is 4.79 Å². The highest BCUT2D eigenvalue weighted by molar-refractivity contribution is 7.89. The van der Waals surface area contributed by atoms with Gasteiger partial charge < -0.3 is 15.5 Å². The van der Waals surface area contributed by atoms with Crippen LogP contribution in [0.2, 0.25) is 0 Å². The van der Waals surface area contributed by atoms with Crippen molar-refractivity contribution in [2.24, 2.45) is 5.73 Å². The summed E-state index contributed by atoms with van der Waals surface area (Å²) >= 11 is 0. The van der Waals surface area contributed by atoms with Gasteiger partial charge in [-0.1, -0.05) is 24.3 Å². The molecule has 0 fully saturated rings. The lowest BCUT2D eigenvalue weighted by Crippen LogP contribution is -2.25. The van der Waals surface area contributed by atoms with Gasteiger partial charge in [-0.05, 0) is 47.5 Å². The molecule has 0 atom stereocenters. The normalized spacial score (nSPS) is 13.9. The maximum atomic E-state index is 13.1. The third-order valence-electron chi connectivity index (χ3n) is 5.25. The molecule has 0 aliphatic carbocycles. The second kappa shape index (κ2) is 7.22. The van der Waals surface area contributed by atoms with Crippen LogP contribution in [-0.4, -0.2) is 28.8 Å². The fraction of sp³-hybridized carbons (Fsp3) is 0.0909. The van der Waals surface area contributed by atoms with E-state index in [1.807, 2.05) is 24.3 Å². The number of primary amides is 1. The number of aromatic nitrogens is 2. The lowest BCUT2D eigenvalue weighted by atomic mass is 10.1. The summed E-state index contributed by atoms with van der Waals surface area (Å²) in [6, 6.07) is 19.3. The minimum Gasteiger partial charge on any atom is -0.410 e. The molecule has 3 N–H and O–H groups in total. The van der Waals surface area contributed by atoms with Gasteiger partial charge in [0.25, 0.3) is 0 Å².